The summed E-state index contributed by atoms with van der Waals surface area (Å²) in [5, 5.41) is 3.41. The van der Waals surface area contributed by atoms with E-state index < -0.39 is 0 Å². The summed E-state index contributed by atoms with van der Waals surface area (Å²) in [5.74, 6) is 1.68. The average molecular weight is 417 g/mol. The molecule has 1 aromatic carbocycles. The second kappa shape index (κ2) is 10.1. The summed E-state index contributed by atoms with van der Waals surface area (Å²) >= 11 is 0. The molecular formula is C22H32N4O4. The molecule has 4 rings (SSSR count). The van der Waals surface area contributed by atoms with Crippen molar-refractivity contribution in [1.29, 1.82) is 0 Å². The molecule has 8 heteroatoms. The molecule has 3 aliphatic heterocycles. The average Bonchev–Trinajstić information content (AvgIpc) is 3.32. The fourth-order valence-corrected chi connectivity index (χ4v) is 4.23. The van der Waals surface area contributed by atoms with Crippen molar-refractivity contribution >= 4 is 17.6 Å². The third kappa shape index (κ3) is 4.87. The van der Waals surface area contributed by atoms with Crippen LogP contribution in [0.2, 0.25) is 0 Å². The maximum Gasteiger partial charge on any atom is 0.265 e. The van der Waals surface area contributed by atoms with Crippen molar-refractivity contribution in [3.05, 3.63) is 24.3 Å². The van der Waals surface area contributed by atoms with Crippen LogP contribution in [-0.4, -0.2) is 81.5 Å². The minimum absolute atomic E-state index is 0.00262. The first-order valence-corrected chi connectivity index (χ1v) is 11.0. The van der Waals surface area contributed by atoms with Crippen LogP contribution < -0.4 is 15.0 Å². The summed E-state index contributed by atoms with van der Waals surface area (Å²) in [6.07, 6.45) is 3.27. The van der Waals surface area contributed by atoms with Crippen LogP contribution >= 0.6 is 0 Å². The van der Waals surface area contributed by atoms with Crippen molar-refractivity contribution in [3.63, 3.8) is 0 Å². The first-order valence-electron chi connectivity index (χ1n) is 11.0. The molecule has 30 heavy (non-hydrogen) atoms. The van der Waals surface area contributed by atoms with Crippen LogP contribution in [0.25, 0.3) is 0 Å². The second-order valence-electron chi connectivity index (χ2n) is 7.80. The summed E-state index contributed by atoms with van der Waals surface area (Å²) in [6.45, 7) is 7.42. The Morgan fingerprint density at radius 2 is 2.10 bits per heavy atom. The van der Waals surface area contributed by atoms with Gasteiger partial charge >= 0.3 is 0 Å². The van der Waals surface area contributed by atoms with E-state index in [0.29, 0.717) is 19.7 Å². The van der Waals surface area contributed by atoms with Crippen molar-refractivity contribution in [1.82, 2.24) is 10.2 Å². The van der Waals surface area contributed by atoms with Crippen molar-refractivity contribution in [2.45, 2.75) is 38.4 Å². The van der Waals surface area contributed by atoms with E-state index >= 15 is 0 Å². The highest BCUT2D eigenvalue weighted by Gasteiger charge is 2.32. The van der Waals surface area contributed by atoms with E-state index in [2.05, 4.69) is 17.1 Å². The molecule has 1 aromatic rings. The van der Waals surface area contributed by atoms with Crippen LogP contribution in [-0.2, 0) is 14.3 Å². The molecule has 0 saturated carbocycles. The Labute approximate surface area is 178 Å². The number of nitrogens with zero attached hydrogens (tertiary/aromatic N) is 3. The van der Waals surface area contributed by atoms with E-state index in [4.69, 9.17) is 19.2 Å². The van der Waals surface area contributed by atoms with Gasteiger partial charge in [-0.25, -0.2) is 0 Å². The van der Waals surface area contributed by atoms with Crippen LogP contribution in [0.3, 0.4) is 0 Å². The first-order chi connectivity index (χ1) is 14.8. The Bertz CT molecular complexity index is 750. The number of para-hydroxylation sites is 2. The van der Waals surface area contributed by atoms with Crippen molar-refractivity contribution in [2.75, 3.05) is 57.4 Å². The molecule has 0 bridgehead atoms. The summed E-state index contributed by atoms with van der Waals surface area (Å²) in [5.41, 5.74) is 0.845. The molecule has 2 unspecified atom stereocenters. The molecule has 0 aromatic heterocycles. The molecule has 0 spiro atoms. The van der Waals surface area contributed by atoms with Gasteiger partial charge in [0.05, 0.1) is 18.4 Å². The van der Waals surface area contributed by atoms with Crippen LogP contribution in [0.4, 0.5) is 5.69 Å². The van der Waals surface area contributed by atoms with Gasteiger partial charge in [0, 0.05) is 39.3 Å². The zero-order chi connectivity index (χ0) is 20.8. The highest BCUT2D eigenvalue weighted by atomic mass is 16.5. The van der Waals surface area contributed by atoms with E-state index in [9.17, 15) is 4.79 Å². The maximum atomic E-state index is 12.3. The lowest BCUT2D eigenvalue weighted by Gasteiger charge is -2.37. The fourth-order valence-electron chi connectivity index (χ4n) is 4.23. The lowest BCUT2D eigenvalue weighted by molar-refractivity contribution is -0.121. The fraction of sp³-hybridized carbons (Fsp3) is 0.636. The molecule has 1 N–H and O–H groups in total. The van der Waals surface area contributed by atoms with Gasteiger partial charge in [-0.3, -0.25) is 9.79 Å². The van der Waals surface area contributed by atoms with Gasteiger partial charge in [-0.15, -0.1) is 0 Å². The molecule has 164 valence electrons. The first kappa shape index (κ1) is 20.9. The number of fused-ring (bicyclic) bond motifs is 1. The lowest BCUT2D eigenvalue weighted by Crippen LogP contribution is -2.53. The van der Waals surface area contributed by atoms with Gasteiger partial charge in [0.1, 0.15) is 11.9 Å². The third-order valence-corrected chi connectivity index (χ3v) is 5.72. The number of hydrogen-bond acceptors (Lipinski definition) is 5. The van der Waals surface area contributed by atoms with Gasteiger partial charge < -0.3 is 29.3 Å². The zero-order valence-electron chi connectivity index (χ0n) is 17.7. The number of nitrogens with one attached hydrogen (secondary N) is 1. The molecule has 2 saturated heterocycles. The predicted molar refractivity (Wildman–Crippen MR) is 115 cm³/mol. The minimum atomic E-state index is -0.00262. The van der Waals surface area contributed by atoms with Crippen molar-refractivity contribution < 1.29 is 19.0 Å². The van der Waals surface area contributed by atoms with E-state index in [0.717, 1.165) is 62.9 Å². The van der Waals surface area contributed by atoms with E-state index in [-0.39, 0.29) is 24.7 Å². The summed E-state index contributed by atoms with van der Waals surface area (Å²) in [7, 11) is 0. The molecule has 0 radical (unpaired) electrons. The van der Waals surface area contributed by atoms with Crippen molar-refractivity contribution in [2.24, 2.45) is 4.99 Å². The number of aliphatic imine (C=N–C) groups is 1. The van der Waals surface area contributed by atoms with Gasteiger partial charge in [0.15, 0.2) is 12.6 Å². The van der Waals surface area contributed by atoms with Gasteiger partial charge in [0.25, 0.3) is 5.91 Å². The Morgan fingerprint density at radius 1 is 1.23 bits per heavy atom. The van der Waals surface area contributed by atoms with Gasteiger partial charge in [-0.2, -0.15) is 0 Å². The summed E-state index contributed by atoms with van der Waals surface area (Å²) < 4.78 is 17.3. The molecule has 0 aliphatic carbocycles. The lowest BCUT2D eigenvalue weighted by atomic mass is 10.1. The van der Waals surface area contributed by atoms with Crippen LogP contribution in [0.15, 0.2) is 29.3 Å². The molecule has 2 fully saturated rings. The highest BCUT2D eigenvalue weighted by Crippen LogP contribution is 2.31. The molecule has 8 nitrogen and oxygen atoms in total. The number of carbonyl (C=O) groups excluding carboxylic acids is 1. The normalized spacial score (nSPS) is 24.6. The second-order valence-corrected chi connectivity index (χ2v) is 7.80. The SMILES string of the molecule is CCNC(=NCCCN1C(=O)COc2ccccc21)N1CCOC(C2CCCO2)C1. The monoisotopic (exact) mass is 416 g/mol. The smallest absolute Gasteiger partial charge is 0.265 e. The molecule has 3 heterocycles. The number of morpholine rings is 1. The summed E-state index contributed by atoms with van der Waals surface area (Å²) in [6, 6.07) is 7.68. The number of rotatable bonds is 6. The largest absolute Gasteiger partial charge is 0.482 e. The quantitative estimate of drug-likeness (QED) is 0.432. The number of anilines is 1. The van der Waals surface area contributed by atoms with E-state index in [1.807, 2.05) is 29.2 Å². The predicted octanol–water partition coefficient (Wildman–Crippen LogP) is 1.65. The van der Waals surface area contributed by atoms with E-state index in [1.54, 1.807) is 0 Å². The number of hydrogen-bond donors (Lipinski definition) is 1. The minimum Gasteiger partial charge on any atom is -0.482 e. The van der Waals surface area contributed by atoms with Gasteiger partial charge in [0.2, 0.25) is 0 Å². The Morgan fingerprint density at radius 3 is 2.93 bits per heavy atom. The maximum absolute atomic E-state index is 12.3. The van der Waals surface area contributed by atoms with Gasteiger partial charge in [-0.1, -0.05) is 12.1 Å². The number of ether oxygens (including phenoxy) is 3. The van der Waals surface area contributed by atoms with Crippen LogP contribution in [0.5, 0.6) is 5.75 Å². The highest BCUT2D eigenvalue weighted by molar-refractivity contribution is 5.97. The van der Waals surface area contributed by atoms with Crippen molar-refractivity contribution in [3.8, 4) is 5.75 Å². The topological polar surface area (TPSA) is 75.6 Å². The van der Waals surface area contributed by atoms with E-state index in [1.165, 1.54) is 0 Å². The van der Waals surface area contributed by atoms with Crippen LogP contribution in [0, 0.1) is 0 Å². The van der Waals surface area contributed by atoms with Gasteiger partial charge in [-0.05, 0) is 38.3 Å². The number of carbonyl (C=O) groups is 1. The molecule has 2 atom stereocenters. The standard InChI is InChI=1S/C22H32N4O4/c1-2-23-22(25-12-14-29-20(15-25)19-9-5-13-28-19)24-10-6-11-26-17-7-3-4-8-18(17)30-16-21(26)27/h3-4,7-8,19-20H,2,5-6,9-16H2,1H3,(H,23,24). The Balaban J connectivity index is 1.33. The third-order valence-electron chi connectivity index (χ3n) is 5.72. The van der Waals surface area contributed by atoms with Crippen LogP contribution in [0.1, 0.15) is 26.2 Å². The number of guanidine groups is 1. The number of benzene rings is 1. The molecule has 1 amide bonds. The Hall–Kier alpha value is -2.32. The zero-order valence-corrected chi connectivity index (χ0v) is 17.7. The molecular weight excluding hydrogens is 384 g/mol. The Kier molecular flexibility index (Phi) is 7.07. The summed E-state index contributed by atoms with van der Waals surface area (Å²) in [4.78, 5) is 21.2. The molecule has 3 aliphatic rings. The number of amides is 1.